The van der Waals surface area contributed by atoms with Crippen molar-refractivity contribution < 1.29 is 9.53 Å². The van der Waals surface area contributed by atoms with E-state index in [1.165, 1.54) is 6.42 Å². The van der Waals surface area contributed by atoms with E-state index in [1.807, 2.05) is 19.9 Å². The summed E-state index contributed by atoms with van der Waals surface area (Å²) in [5.74, 6) is 0.00639. The molecule has 0 amide bonds. The Morgan fingerprint density at radius 2 is 2.23 bits per heavy atom. The normalized spacial score (nSPS) is 30.7. The molecule has 0 N–H and O–H groups in total. The Labute approximate surface area is 132 Å². The predicted molar refractivity (Wildman–Crippen MR) is 85.3 cm³/mol. The van der Waals surface area contributed by atoms with E-state index >= 15 is 0 Å². The summed E-state index contributed by atoms with van der Waals surface area (Å²) in [7, 11) is 0. The second-order valence-corrected chi connectivity index (χ2v) is 6.62. The summed E-state index contributed by atoms with van der Waals surface area (Å²) in [5.41, 5.74) is 1.85. The van der Waals surface area contributed by atoms with Gasteiger partial charge in [0.1, 0.15) is 0 Å². The summed E-state index contributed by atoms with van der Waals surface area (Å²) >= 11 is 0. The van der Waals surface area contributed by atoms with Crippen LogP contribution < -0.4 is 0 Å². The molecule has 1 aromatic heterocycles. The molecule has 2 fully saturated rings. The summed E-state index contributed by atoms with van der Waals surface area (Å²) in [6.07, 6.45) is 4.10. The van der Waals surface area contributed by atoms with Gasteiger partial charge in [0.05, 0.1) is 17.7 Å². The molecule has 0 aliphatic carbocycles. The smallest absolute Gasteiger partial charge is 0.313 e. The largest absolute Gasteiger partial charge is 0.466 e. The van der Waals surface area contributed by atoms with Crippen LogP contribution >= 0.6 is 0 Å². The zero-order chi connectivity index (χ0) is 15.7. The predicted octanol–water partition coefficient (Wildman–Crippen LogP) is 3.09. The fourth-order valence-electron chi connectivity index (χ4n) is 4.44. The van der Waals surface area contributed by atoms with E-state index in [-0.39, 0.29) is 11.4 Å². The maximum atomic E-state index is 12.6. The van der Waals surface area contributed by atoms with Crippen LogP contribution in [0.1, 0.15) is 50.9 Å². The van der Waals surface area contributed by atoms with Gasteiger partial charge in [0.25, 0.3) is 0 Å². The number of pyridine rings is 1. The number of esters is 1. The Balaban J connectivity index is 1.81. The summed E-state index contributed by atoms with van der Waals surface area (Å²) in [5, 5.41) is 0. The molecule has 3 heterocycles. The molecule has 22 heavy (non-hydrogen) atoms. The molecular weight excluding hydrogens is 276 g/mol. The van der Waals surface area contributed by atoms with Crippen molar-refractivity contribution in [3.63, 3.8) is 0 Å². The molecule has 0 aromatic carbocycles. The van der Waals surface area contributed by atoms with Gasteiger partial charge in [0, 0.05) is 24.3 Å². The van der Waals surface area contributed by atoms with Gasteiger partial charge in [-0.05, 0) is 51.7 Å². The van der Waals surface area contributed by atoms with Gasteiger partial charge >= 0.3 is 5.97 Å². The van der Waals surface area contributed by atoms with E-state index < -0.39 is 0 Å². The average molecular weight is 302 g/mol. The summed E-state index contributed by atoms with van der Waals surface area (Å²) in [4.78, 5) is 19.7. The second kappa shape index (κ2) is 5.99. The number of rotatable bonds is 5. The van der Waals surface area contributed by atoms with E-state index in [4.69, 9.17) is 4.74 Å². The molecule has 2 saturated heterocycles. The van der Waals surface area contributed by atoms with E-state index in [0.29, 0.717) is 18.7 Å². The summed E-state index contributed by atoms with van der Waals surface area (Å²) in [6, 6.07) is 6.98. The van der Waals surface area contributed by atoms with Crippen molar-refractivity contribution in [3.8, 4) is 0 Å². The van der Waals surface area contributed by atoms with Crippen molar-refractivity contribution >= 4 is 5.97 Å². The second-order valence-electron chi connectivity index (χ2n) is 6.62. The first-order valence-electron chi connectivity index (χ1n) is 8.46. The van der Waals surface area contributed by atoms with Crippen molar-refractivity contribution in [3.05, 3.63) is 29.6 Å². The van der Waals surface area contributed by atoms with E-state index in [2.05, 4.69) is 28.9 Å². The Morgan fingerprint density at radius 3 is 2.91 bits per heavy atom. The first kappa shape index (κ1) is 15.5. The first-order valence-corrected chi connectivity index (χ1v) is 8.46. The molecule has 4 nitrogen and oxygen atoms in total. The van der Waals surface area contributed by atoms with Crippen LogP contribution in [0.15, 0.2) is 18.2 Å². The van der Waals surface area contributed by atoms with E-state index in [1.54, 1.807) is 0 Å². The molecule has 3 rings (SSSR count). The zero-order valence-electron chi connectivity index (χ0n) is 13.8. The third-order valence-corrected chi connectivity index (χ3v) is 5.48. The van der Waals surface area contributed by atoms with Crippen molar-refractivity contribution in [1.82, 2.24) is 9.88 Å². The van der Waals surface area contributed by atoms with Crippen LogP contribution in [-0.2, 0) is 16.1 Å². The van der Waals surface area contributed by atoms with Gasteiger partial charge in [-0.25, -0.2) is 0 Å². The van der Waals surface area contributed by atoms with E-state index in [9.17, 15) is 4.79 Å². The Morgan fingerprint density at radius 1 is 1.41 bits per heavy atom. The standard InChI is InChI=1S/C18H26N2O2/c1-4-18(17(21)22-5-2)11-15-9-10-16(18)20(15)12-14-8-6-7-13(3)19-14/h6-8,15-16H,4-5,9-12H2,1-3H3/t15-,16+,18+/m0/s1. The quantitative estimate of drug-likeness (QED) is 0.784. The van der Waals surface area contributed by atoms with Crippen LogP contribution in [0, 0.1) is 12.3 Å². The zero-order valence-corrected chi connectivity index (χ0v) is 13.8. The molecule has 0 spiro atoms. The van der Waals surface area contributed by atoms with E-state index in [0.717, 1.165) is 37.2 Å². The molecule has 2 aliphatic heterocycles. The van der Waals surface area contributed by atoms with Crippen LogP contribution in [0.3, 0.4) is 0 Å². The number of hydrogen-bond acceptors (Lipinski definition) is 4. The fraction of sp³-hybridized carbons (Fsp3) is 0.667. The molecule has 0 saturated carbocycles. The lowest BCUT2D eigenvalue weighted by atomic mass is 9.72. The van der Waals surface area contributed by atoms with Crippen LogP contribution in [0.25, 0.3) is 0 Å². The minimum absolute atomic E-state index is 0.00639. The minimum Gasteiger partial charge on any atom is -0.466 e. The van der Waals surface area contributed by atoms with Crippen LogP contribution in [-0.4, -0.2) is 34.5 Å². The number of aryl methyl sites for hydroxylation is 1. The van der Waals surface area contributed by atoms with Gasteiger partial charge < -0.3 is 4.74 Å². The van der Waals surface area contributed by atoms with Gasteiger partial charge in [-0.1, -0.05) is 13.0 Å². The SMILES string of the molecule is CCOC(=O)[C@]1(CC)C[C@@H]2CC[C@H]1N2Cc1cccc(C)n1. The minimum atomic E-state index is -0.303. The Hall–Kier alpha value is -1.42. The average Bonchev–Trinajstić information content (AvgIpc) is 3.03. The third kappa shape index (κ3) is 2.43. The number of nitrogens with zero attached hydrogens (tertiary/aromatic N) is 2. The van der Waals surface area contributed by atoms with Gasteiger partial charge in [-0.15, -0.1) is 0 Å². The van der Waals surface area contributed by atoms with Crippen LogP contribution in [0.2, 0.25) is 0 Å². The maximum absolute atomic E-state index is 12.6. The highest BCUT2D eigenvalue weighted by Crippen LogP contribution is 2.52. The fourth-order valence-corrected chi connectivity index (χ4v) is 4.44. The Kier molecular flexibility index (Phi) is 4.22. The molecule has 2 aliphatic rings. The first-order chi connectivity index (χ1) is 10.6. The lowest BCUT2D eigenvalue weighted by Gasteiger charge is -2.34. The number of ether oxygens (including phenoxy) is 1. The van der Waals surface area contributed by atoms with Crippen molar-refractivity contribution in [1.29, 1.82) is 0 Å². The molecule has 2 bridgehead atoms. The Bertz CT molecular complexity index is 560. The van der Waals surface area contributed by atoms with Gasteiger partial charge in [-0.2, -0.15) is 0 Å². The third-order valence-electron chi connectivity index (χ3n) is 5.48. The van der Waals surface area contributed by atoms with Gasteiger partial charge in [0.2, 0.25) is 0 Å². The van der Waals surface area contributed by atoms with Gasteiger partial charge in [-0.3, -0.25) is 14.7 Å². The molecular formula is C18H26N2O2. The van der Waals surface area contributed by atoms with Crippen molar-refractivity contribution in [2.24, 2.45) is 5.41 Å². The number of hydrogen-bond donors (Lipinski definition) is 0. The highest BCUT2D eigenvalue weighted by molar-refractivity contribution is 5.78. The monoisotopic (exact) mass is 302 g/mol. The highest BCUT2D eigenvalue weighted by atomic mass is 16.5. The summed E-state index contributed by atoms with van der Waals surface area (Å²) in [6.45, 7) is 7.36. The number of carbonyl (C=O) groups excluding carboxylic acids is 1. The highest BCUT2D eigenvalue weighted by Gasteiger charge is 2.59. The molecule has 3 atom stereocenters. The maximum Gasteiger partial charge on any atom is 0.313 e. The number of carbonyl (C=O) groups is 1. The molecule has 0 unspecified atom stereocenters. The molecule has 120 valence electrons. The molecule has 4 heteroatoms. The molecule has 0 radical (unpaired) electrons. The lowest BCUT2D eigenvalue weighted by Crippen LogP contribution is -2.44. The van der Waals surface area contributed by atoms with Crippen LogP contribution in [0.4, 0.5) is 0 Å². The number of fused-ring (bicyclic) bond motifs is 2. The topological polar surface area (TPSA) is 42.4 Å². The number of aromatic nitrogens is 1. The van der Waals surface area contributed by atoms with Gasteiger partial charge in [0.15, 0.2) is 0 Å². The van der Waals surface area contributed by atoms with Crippen molar-refractivity contribution in [2.75, 3.05) is 6.61 Å². The molecule has 1 aromatic rings. The van der Waals surface area contributed by atoms with Crippen LogP contribution in [0.5, 0.6) is 0 Å². The lowest BCUT2D eigenvalue weighted by molar-refractivity contribution is -0.157. The summed E-state index contributed by atoms with van der Waals surface area (Å²) < 4.78 is 5.41. The van der Waals surface area contributed by atoms with Crippen molar-refractivity contribution in [2.45, 2.75) is 65.1 Å².